The Labute approximate surface area is 68.2 Å². The molecule has 0 radical (unpaired) electrons. The molecular weight excluding hydrogens is 138 g/mol. The summed E-state index contributed by atoms with van der Waals surface area (Å²) in [6.45, 7) is 3.52. The summed E-state index contributed by atoms with van der Waals surface area (Å²) < 4.78 is 0. The van der Waals surface area contributed by atoms with E-state index in [-0.39, 0.29) is 0 Å². The first-order chi connectivity index (χ1) is 5.33. The minimum atomic E-state index is 0.371. The minimum absolute atomic E-state index is 0.371. The monoisotopic (exact) mass is 153 g/mol. The SMILES string of the molecule is CCC#CC1CCC[NH+]([O-])C1. The van der Waals surface area contributed by atoms with Gasteiger partial charge in [0, 0.05) is 6.42 Å². The van der Waals surface area contributed by atoms with Crippen molar-refractivity contribution in [3.05, 3.63) is 5.21 Å². The Balaban J connectivity index is 2.34. The van der Waals surface area contributed by atoms with Crippen LogP contribution in [-0.2, 0) is 0 Å². The van der Waals surface area contributed by atoms with E-state index in [0.717, 1.165) is 25.8 Å². The molecule has 1 heterocycles. The molecule has 1 N–H and O–H groups in total. The summed E-state index contributed by atoms with van der Waals surface area (Å²) in [6, 6.07) is 0. The molecule has 11 heavy (non-hydrogen) atoms. The topological polar surface area (TPSA) is 27.5 Å². The maximum atomic E-state index is 11.0. The van der Waals surface area contributed by atoms with Gasteiger partial charge in [-0.15, -0.1) is 5.92 Å². The number of rotatable bonds is 0. The van der Waals surface area contributed by atoms with Gasteiger partial charge in [0.1, 0.15) is 0 Å². The summed E-state index contributed by atoms with van der Waals surface area (Å²) in [5.74, 6) is 6.54. The molecule has 0 aromatic rings. The first kappa shape index (κ1) is 8.58. The summed E-state index contributed by atoms with van der Waals surface area (Å²) in [5, 5.41) is 11.4. The first-order valence-corrected chi connectivity index (χ1v) is 4.33. The van der Waals surface area contributed by atoms with E-state index in [0.29, 0.717) is 17.5 Å². The third-order valence-electron chi connectivity index (χ3n) is 1.97. The van der Waals surface area contributed by atoms with Crippen molar-refractivity contribution < 1.29 is 5.06 Å². The van der Waals surface area contributed by atoms with Crippen molar-refractivity contribution in [3.8, 4) is 11.8 Å². The van der Waals surface area contributed by atoms with Crippen molar-refractivity contribution in [2.75, 3.05) is 13.1 Å². The van der Waals surface area contributed by atoms with Crippen LogP contribution in [0.3, 0.4) is 0 Å². The molecule has 2 nitrogen and oxygen atoms in total. The maximum Gasteiger partial charge on any atom is 0.0908 e. The van der Waals surface area contributed by atoms with Crippen LogP contribution in [0.5, 0.6) is 0 Å². The molecule has 62 valence electrons. The van der Waals surface area contributed by atoms with E-state index in [9.17, 15) is 5.21 Å². The molecule has 1 aliphatic heterocycles. The lowest BCUT2D eigenvalue weighted by Crippen LogP contribution is -3.08. The quantitative estimate of drug-likeness (QED) is 0.390. The minimum Gasteiger partial charge on any atom is -0.634 e. The molecule has 2 unspecified atom stereocenters. The standard InChI is InChI=1S/C9H15NO/c1-2-3-5-9-6-4-7-10(11)8-9/h9-10H,2,4,6-8H2,1H3. The van der Waals surface area contributed by atoms with E-state index in [2.05, 4.69) is 11.8 Å². The van der Waals surface area contributed by atoms with Crippen LogP contribution in [0, 0.1) is 23.0 Å². The molecule has 2 atom stereocenters. The van der Waals surface area contributed by atoms with E-state index in [1.807, 2.05) is 6.92 Å². The molecule has 0 spiro atoms. The van der Waals surface area contributed by atoms with Gasteiger partial charge in [-0.05, 0) is 12.8 Å². The predicted octanol–water partition coefficient (Wildman–Crippen LogP) is 0.192. The third-order valence-corrected chi connectivity index (χ3v) is 1.97. The predicted molar refractivity (Wildman–Crippen MR) is 44.9 cm³/mol. The molecule has 0 aromatic carbocycles. The van der Waals surface area contributed by atoms with Gasteiger partial charge in [-0.2, -0.15) is 0 Å². The van der Waals surface area contributed by atoms with Crippen LogP contribution < -0.4 is 5.06 Å². The van der Waals surface area contributed by atoms with Crippen LogP contribution in [-0.4, -0.2) is 13.1 Å². The van der Waals surface area contributed by atoms with E-state index in [4.69, 9.17) is 0 Å². The zero-order valence-corrected chi connectivity index (χ0v) is 7.02. The van der Waals surface area contributed by atoms with Crippen molar-refractivity contribution in [3.63, 3.8) is 0 Å². The highest BCUT2D eigenvalue weighted by atomic mass is 16.5. The number of hydrogen-bond donors (Lipinski definition) is 1. The van der Waals surface area contributed by atoms with Gasteiger partial charge in [0.15, 0.2) is 0 Å². The Morgan fingerprint density at radius 2 is 2.45 bits per heavy atom. The summed E-state index contributed by atoms with van der Waals surface area (Å²) in [7, 11) is 0. The van der Waals surface area contributed by atoms with E-state index in [1.54, 1.807) is 0 Å². The Hall–Kier alpha value is -0.520. The van der Waals surface area contributed by atoms with Gasteiger partial charge in [0.2, 0.25) is 0 Å². The molecule has 1 aliphatic rings. The van der Waals surface area contributed by atoms with Crippen LogP contribution in [0.4, 0.5) is 0 Å². The number of hydroxylamine groups is 2. The zero-order valence-electron chi connectivity index (χ0n) is 7.02. The Morgan fingerprint density at radius 3 is 3.09 bits per heavy atom. The normalized spacial score (nSPS) is 30.7. The summed E-state index contributed by atoms with van der Waals surface area (Å²) in [4.78, 5) is 0. The Bertz CT molecular complexity index is 168. The fraction of sp³-hybridized carbons (Fsp3) is 0.778. The Morgan fingerprint density at radius 1 is 1.64 bits per heavy atom. The first-order valence-electron chi connectivity index (χ1n) is 4.33. The van der Waals surface area contributed by atoms with Gasteiger partial charge in [0.05, 0.1) is 19.0 Å². The van der Waals surface area contributed by atoms with Crippen molar-refractivity contribution in [2.45, 2.75) is 26.2 Å². The van der Waals surface area contributed by atoms with Crippen LogP contribution in [0.15, 0.2) is 0 Å². The van der Waals surface area contributed by atoms with Crippen LogP contribution in [0.25, 0.3) is 0 Å². The molecule has 0 bridgehead atoms. The van der Waals surface area contributed by atoms with Crippen molar-refractivity contribution >= 4 is 0 Å². The van der Waals surface area contributed by atoms with Crippen molar-refractivity contribution in [1.29, 1.82) is 0 Å². The lowest BCUT2D eigenvalue weighted by Gasteiger charge is -2.29. The summed E-state index contributed by atoms with van der Waals surface area (Å²) in [6.07, 6.45) is 3.07. The van der Waals surface area contributed by atoms with Gasteiger partial charge in [-0.25, -0.2) is 0 Å². The average molecular weight is 153 g/mol. The smallest absolute Gasteiger partial charge is 0.0908 e. The zero-order chi connectivity index (χ0) is 8.10. The molecule has 1 fully saturated rings. The second-order valence-electron chi connectivity index (χ2n) is 3.01. The fourth-order valence-corrected chi connectivity index (χ4v) is 1.39. The van der Waals surface area contributed by atoms with Crippen molar-refractivity contribution in [1.82, 2.24) is 0 Å². The highest BCUT2D eigenvalue weighted by Crippen LogP contribution is 2.05. The van der Waals surface area contributed by atoms with Gasteiger partial charge in [-0.3, -0.25) is 0 Å². The molecule has 1 saturated heterocycles. The lowest BCUT2D eigenvalue weighted by atomic mass is 10.00. The van der Waals surface area contributed by atoms with Gasteiger partial charge in [0.25, 0.3) is 0 Å². The molecule has 2 heteroatoms. The maximum absolute atomic E-state index is 11.0. The lowest BCUT2D eigenvalue weighted by molar-refractivity contribution is -0.856. The third kappa shape index (κ3) is 2.92. The fourth-order valence-electron chi connectivity index (χ4n) is 1.39. The van der Waals surface area contributed by atoms with E-state index in [1.165, 1.54) is 0 Å². The molecule has 0 aromatic heterocycles. The van der Waals surface area contributed by atoms with Gasteiger partial charge >= 0.3 is 0 Å². The summed E-state index contributed by atoms with van der Waals surface area (Å²) in [5.41, 5.74) is 0. The van der Waals surface area contributed by atoms with Crippen LogP contribution in [0.1, 0.15) is 26.2 Å². The Kier molecular flexibility index (Phi) is 3.41. The number of nitrogens with one attached hydrogen (secondary N) is 1. The highest BCUT2D eigenvalue weighted by molar-refractivity contribution is 5.03. The van der Waals surface area contributed by atoms with Gasteiger partial charge in [-0.1, -0.05) is 12.8 Å². The van der Waals surface area contributed by atoms with E-state index >= 15 is 0 Å². The number of quaternary nitrogens is 1. The van der Waals surface area contributed by atoms with Crippen molar-refractivity contribution in [2.24, 2.45) is 5.92 Å². The largest absolute Gasteiger partial charge is 0.634 e. The molecule has 0 aliphatic carbocycles. The molecule has 0 saturated carbocycles. The highest BCUT2D eigenvalue weighted by Gasteiger charge is 2.15. The van der Waals surface area contributed by atoms with Crippen LogP contribution in [0.2, 0.25) is 0 Å². The van der Waals surface area contributed by atoms with Gasteiger partial charge < -0.3 is 10.3 Å². The summed E-state index contributed by atoms with van der Waals surface area (Å²) >= 11 is 0. The van der Waals surface area contributed by atoms with E-state index < -0.39 is 0 Å². The molecular formula is C9H15NO. The average Bonchev–Trinajstić information content (AvgIpc) is 2.01. The second-order valence-corrected chi connectivity index (χ2v) is 3.01. The number of hydrogen-bond acceptors (Lipinski definition) is 1. The molecule has 0 amide bonds. The van der Waals surface area contributed by atoms with Crippen LogP contribution >= 0.6 is 0 Å². The second kappa shape index (κ2) is 4.38. The molecule has 1 rings (SSSR count). The number of piperidine rings is 1.